The summed E-state index contributed by atoms with van der Waals surface area (Å²) in [6.45, 7) is 2.28. The lowest BCUT2D eigenvalue weighted by atomic mass is 9.83. The van der Waals surface area contributed by atoms with Crippen molar-refractivity contribution in [1.82, 2.24) is 0 Å². The van der Waals surface area contributed by atoms with E-state index in [2.05, 4.69) is 0 Å². The zero-order chi connectivity index (χ0) is 9.03. The zero-order valence-corrected chi connectivity index (χ0v) is 9.28. The summed E-state index contributed by atoms with van der Waals surface area (Å²) >= 11 is 0. The summed E-state index contributed by atoms with van der Waals surface area (Å²) in [6.07, 6.45) is 7.50. The van der Waals surface area contributed by atoms with Crippen LogP contribution in [0.25, 0.3) is 0 Å². The van der Waals surface area contributed by atoms with Crippen LogP contribution in [0, 0.1) is 5.92 Å². The van der Waals surface area contributed by atoms with Crippen molar-refractivity contribution < 1.29 is 5.11 Å². The molecule has 0 aliphatic heterocycles. The minimum atomic E-state index is -0.621. The molecule has 0 saturated heterocycles. The van der Waals surface area contributed by atoms with Gasteiger partial charge in [0.1, 0.15) is 0 Å². The lowest BCUT2D eigenvalue weighted by molar-refractivity contribution is 0.000976. The maximum Gasteiger partial charge on any atom is 0.0769 e. The molecule has 0 aromatic carbocycles. The average molecular weight is 208 g/mol. The Morgan fingerprint density at radius 3 is 2.08 bits per heavy atom. The highest BCUT2D eigenvalue weighted by Crippen LogP contribution is 2.30. The van der Waals surface area contributed by atoms with Crippen LogP contribution in [0.5, 0.6) is 0 Å². The smallest absolute Gasteiger partial charge is 0.0769 e. The van der Waals surface area contributed by atoms with Gasteiger partial charge in [-0.15, -0.1) is 12.4 Å². The lowest BCUT2D eigenvalue weighted by Crippen LogP contribution is -2.41. The molecule has 1 aliphatic carbocycles. The Morgan fingerprint density at radius 1 is 1.23 bits per heavy atom. The van der Waals surface area contributed by atoms with Gasteiger partial charge in [0.15, 0.2) is 0 Å². The number of hydrogen-bond acceptors (Lipinski definition) is 2. The third-order valence-corrected chi connectivity index (χ3v) is 3.15. The average Bonchev–Trinajstić information content (AvgIpc) is 2.32. The fourth-order valence-electron chi connectivity index (χ4n) is 2.07. The Morgan fingerprint density at radius 2 is 1.69 bits per heavy atom. The zero-order valence-electron chi connectivity index (χ0n) is 8.46. The van der Waals surface area contributed by atoms with Crippen LogP contribution in [0.4, 0.5) is 0 Å². The van der Waals surface area contributed by atoms with E-state index in [1.54, 1.807) is 0 Å². The first-order valence-corrected chi connectivity index (χ1v) is 5.09. The SMILES string of the molecule is CC(O)(CN)C1CCCCCC1.Cl. The third-order valence-electron chi connectivity index (χ3n) is 3.15. The van der Waals surface area contributed by atoms with Gasteiger partial charge >= 0.3 is 0 Å². The molecule has 13 heavy (non-hydrogen) atoms. The van der Waals surface area contributed by atoms with Crippen LogP contribution in [0.15, 0.2) is 0 Å². The van der Waals surface area contributed by atoms with Crippen LogP contribution >= 0.6 is 12.4 Å². The number of hydrogen-bond donors (Lipinski definition) is 2. The van der Waals surface area contributed by atoms with E-state index in [4.69, 9.17) is 5.73 Å². The van der Waals surface area contributed by atoms with Crippen molar-refractivity contribution >= 4 is 12.4 Å². The van der Waals surface area contributed by atoms with E-state index in [-0.39, 0.29) is 12.4 Å². The van der Waals surface area contributed by atoms with E-state index >= 15 is 0 Å². The van der Waals surface area contributed by atoms with Gasteiger partial charge in [-0.25, -0.2) is 0 Å². The van der Waals surface area contributed by atoms with Gasteiger partial charge in [0, 0.05) is 6.54 Å². The van der Waals surface area contributed by atoms with Gasteiger partial charge in [-0.1, -0.05) is 25.7 Å². The molecule has 1 fully saturated rings. The molecule has 1 saturated carbocycles. The minimum Gasteiger partial charge on any atom is -0.389 e. The van der Waals surface area contributed by atoms with Crippen molar-refractivity contribution in [2.24, 2.45) is 11.7 Å². The summed E-state index contributed by atoms with van der Waals surface area (Å²) in [5.74, 6) is 0.435. The van der Waals surface area contributed by atoms with Crippen molar-refractivity contribution in [1.29, 1.82) is 0 Å². The highest BCUT2D eigenvalue weighted by atomic mass is 35.5. The molecule has 1 aliphatic rings. The maximum atomic E-state index is 9.95. The number of nitrogens with two attached hydrogens (primary N) is 1. The highest BCUT2D eigenvalue weighted by Gasteiger charge is 2.30. The monoisotopic (exact) mass is 207 g/mol. The summed E-state index contributed by atoms with van der Waals surface area (Å²) in [5.41, 5.74) is 4.92. The summed E-state index contributed by atoms with van der Waals surface area (Å²) in [7, 11) is 0. The molecule has 1 atom stereocenters. The summed E-state index contributed by atoms with van der Waals surface area (Å²) in [4.78, 5) is 0. The van der Waals surface area contributed by atoms with Gasteiger partial charge in [-0.3, -0.25) is 0 Å². The van der Waals surface area contributed by atoms with E-state index in [9.17, 15) is 5.11 Å². The molecular formula is C10H22ClNO. The summed E-state index contributed by atoms with van der Waals surface area (Å²) < 4.78 is 0. The van der Waals surface area contributed by atoms with Gasteiger partial charge in [-0.2, -0.15) is 0 Å². The second kappa shape index (κ2) is 5.84. The van der Waals surface area contributed by atoms with E-state index < -0.39 is 5.60 Å². The van der Waals surface area contributed by atoms with Crippen LogP contribution in [-0.2, 0) is 0 Å². The molecular weight excluding hydrogens is 186 g/mol. The largest absolute Gasteiger partial charge is 0.389 e. The first-order chi connectivity index (χ1) is 5.67. The quantitative estimate of drug-likeness (QED) is 0.682. The molecule has 0 heterocycles. The number of rotatable bonds is 2. The molecule has 0 bridgehead atoms. The molecule has 1 unspecified atom stereocenters. The summed E-state index contributed by atoms with van der Waals surface area (Å²) in [5, 5.41) is 9.95. The van der Waals surface area contributed by atoms with E-state index in [0.29, 0.717) is 12.5 Å². The fraction of sp³-hybridized carbons (Fsp3) is 1.00. The van der Waals surface area contributed by atoms with Crippen molar-refractivity contribution in [3.63, 3.8) is 0 Å². The Balaban J connectivity index is 0.00000144. The van der Waals surface area contributed by atoms with E-state index in [1.807, 2.05) is 6.92 Å². The Kier molecular flexibility index (Phi) is 5.93. The topological polar surface area (TPSA) is 46.2 Å². The predicted octanol–water partition coefficient (Wildman–Crippen LogP) is 2.09. The summed E-state index contributed by atoms with van der Waals surface area (Å²) in [6, 6.07) is 0. The highest BCUT2D eigenvalue weighted by molar-refractivity contribution is 5.85. The third kappa shape index (κ3) is 3.84. The van der Waals surface area contributed by atoms with Crippen LogP contribution in [-0.4, -0.2) is 17.3 Å². The second-order valence-corrected chi connectivity index (χ2v) is 4.25. The van der Waals surface area contributed by atoms with Crippen molar-refractivity contribution in [2.45, 2.75) is 51.0 Å². The van der Waals surface area contributed by atoms with Crippen LogP contribution in [0.2, 0.25) is 0 Å². The first kappa shape index (κ1) is 13.2. The van der Waals surface area contributed by atoms with Crippen molar-refractivity contribution in [3.8, 4) is 0 Å². The Labute approximate surface area is 87.3 Å². The van der Waals surface area contributed by atoms with E-state index in [0.717, 1.165) is 12.8 Å². The molecule has 3 heteroatoms. The fourth-order valence-corrected chi connectivity index (χ4v) is 2.07. The van der Waals surface area contributed by atoms with Gasteiger partial charge in [0.05, 0.1) is 5.60 Å². The van der Waals surface area contributed by atoms with Crippen molar-refractivity contribution in [2.75, 3.05) is 6.54 Å². The van der Waals surface area contributed by atoms with Gasteiger partial charge < -0.3 is 10.8 Å². The van der Waals surface area contributed by atoms with Crippen LogP contribution < -0.4 is 5.73 Å². The predicted molar refractivity (Wildman–Crippen MR) is 58.1 cm³/mol. The Bertz CT molecular complexity index is 131. The molecule has 0 radical (unpaired) electrons. The lowest BCUT2D eigenvalue weighted by Gasteiger charge is -2.30. The van der Waals surface area contributed by atoms with Gasteiger partial charge in [0.25, 0.3) is 0 Å². The second-order valence-electron chi connectivity index (χ2n) is 4.25. The molecule has 0 amide bonds. The first-order valence-electron chi connectivity index (χ1n) is 5.09. The molecule has 1 rings (SSSR count). The molecule has 0 spiro atoms. The van der Waals surface area contributed by atoms with Gasteiger partial charge in [-0.05, 0) is 25.7 Å². The molecule has 0 aromatic heterocycles. The van der Waals surface area contributed by atoms with Crippen LogP contribution in [0.1, 0.15) is 45.4 Å². The molecule has 2 nitrogen and oxygen atoms in total. The van der Waals surface area contributed by atoms with Crippen LogP contribution in [0.3, 0.4) is 0 Å². The van der Waals surface area contributed by atoms with Crippen molar-refractivity contribution in [3.05, 3.63) is 0 Å². The number of aliphatic hydroxyl groups is 1. The standard InChI is InChI=1S/C10H21NO.ClH/c1-10(12,8-11)9-6-4-2-3-5-7-9;/h9,12H,2-8,11H2,1H3;1H. The Hall–Kier alpha value is 0.210. The molecule has 0 aromatic rings. The molecule has 3 N–H and O–H groups in total. The van der Waals surface area contributed by atoms with Gasteiger partial charge in [0.2, 0.25) is 0 Å². The normalized spacial score (nSPS) is 24.2. The van der Waals surface area contributed by atoms with E-state index in [1.165, 1.54) is 25.7 Å². The molecule has 80 valence electrons. The maximum absolute atomic E-state index is 9.95. The minimum absolute atomic E-state index is 0. The number of halogens is 1.